The van der Waals surface area contributed by atoms with Crippen molar-refractivity contribution in [3.05, 3.63) is 23.8 Å². The van der Waals surface area contributed by atoms with Gasteiger partial charge in [-0.2, -0.15) is 0 Å². The second kappa shape index (κ2) is 5.73. The molecular weight excluding hydrogens is 254 g/mol. The number of hydrogen-bond acceptors (Lipinski definition) is 3. The maximum Gasteiger partial charge on any atom is 0.257 e. The van der Waals surface area contributed by atoms with E-state index in [9.17, 15) is 9.90 Å². The summed E-state index contributed by atoms with van der Waals surface area (Å²) < 4.78 is 5.12. The number of amides is 1. The normalized spacial score (nSPS) is 17.2. The molecule has 0 aliphatic carbocycles. The average Bonchev–Trinajstić information content (AvgIpc) is 2.92. The molecule has 1 fully saturated rings. The molecule has 0 aromatic heterocycles. The number of likely N-dealkylation sites (tertiary alicyclic amines) is 1. The SMILES string of the molecule is CCC1(CC)CCN(C(=O)c2cc(OC)ccc2O)C1. The topological polar surface area (TPSA) is 49.8 Å². The Kier molecular flexibility index (Phi) is 4.21. The van der Waals surface area contributed by atoms with Crippen molar-refractivity contribution in [1.82, 2.24) is 4.90 Å². The van der Waals surface area contributed by atoms with Crippen LogP contribution in [-0.4, -0.2) is 36.1 Å². The third-order valence-corrected chi connectivity index (χ3v) is 4.66. The average molecular weight is 277 g/mol. The highest BCUT2D eigenvalue weighted by atomic mass is 16.5. The standard InChI is InChI=1S/C16H23NO3/c1-4-16(5-2)8-9-17(11-16)15(19)13-10-12(20-3)6-7-14(13)18/h6-7,10,18H,4-5,8-9,11H2,1-3H3. The fourth-order valence-electron chi connectivity index (χ4n) is 2.92. The fraction of sp³-hybridized carbons (Fsp3) is 0.562. The van der Waals surface area contributed by atoms with Crippen LogP contribution in [0.1, 0.15) is 43.5 Å². The van der Waals surface area contributed by atoms with Gasteiger partial charge >= 0.3 is 0 Å². The van der Waals surface area contributed by atoms with Crippen molar-refractivity contribution in [2.45, 2.75) is 33.1 Å². The maximum absolute atomic E-state index is 12.6. The summed E-state index contributed by atoms with van der Waals surface area (Å²) in [4.78, 5) is 14.4. The molecule has 1 aromatic carbocycles. The molecule has 1 saturated heterocycles. The molecule has 0 saturated carbocycles. The van der Waals surface area contributed by atoms with E-state index in [-0.39, 0.29) is 17.1 Å². The predicted octanol–water partition coefficient (Wildman–Crippen LogP) is 3.05. The van der Waals surface area contributed by atoms with Gasteiger partial charge in [0, 0.05) is 13.1 Å². The summed E-state index contributed by atoms with van der Waals surface area (Å²) in [5.41, 5.74) is 0.566. The molecule has 0 atom stereocenters. The van der Waals surface area contributed by atoms with Gasteiger partial charge in [-0.1, -0.05) is 13.8 Å². The van der Waals surface area contributed by atoms with E-state index in [0.717, 1.165) is 32.4 Å². The highest BCUT2D eigenvalue weighted by Crippen LogP contribution is 2.38. The Balaban J connectivity index is 2.21. The molecule has 110 valence electrons. The minimum Gasteiger partial charge on any atom is -0.507 e. The van der Waals surface area contributed by atoms with E-state index in [1.54, 1.807) is 19.2 Å². The van der Waals surface area contributed by atoms with Crippen molar-refractivity contribution < 1.29 is 14.6 Å². The number of methoxy groups -OCH3 is 1. The largest absolute Gasteiger partial charge is 0.507 e. The summed E-state index contributed by atoms with van der Waals surface area (Å²) in [5.74, 6) is 0.495. The molecule has 1 heterocycles. The monoisotopic (exact) mass is 277 g/mol. The molecule has 1 N–H and O–H groups in total. The molecule has 1 aromatic rings. The lowest BCUT2D eigenvalue weighted by Gasteiger charge is -2.26. The number of carbonyl (C=O) groups is 1. The smallest absolute Gasteiger partial charge is 0.257 e. The lowest BCUT2D eigenvalue weighted by molar-refractivity contribution is 0.0766. The van der Waals surface area contributed by atoms with Crippen molar-refractivity contribution >= 4 is 5.91 Å². The predicted molar refractivity (Wildman–Crippen MR) is 78.2 cm³/mol. The molecule has 0 unspecified atom stereocenters. The van der Waals surface area contributed by atoms with Crippen LogP contribution in [0.4, 0.5) is 0 Å². The summed E-state index contributed by atoms with van der Waals surface area (Å²) >= 11 is 0. The van der Waals surface area contributed by atoms with Crippen LogP contribution < -0.4 is 4.74 Å². The van der Waals surface area contributed by atoms with Crippen molar-refractivity contribution in [3.63, 3.8) is 0 Å². The molecule has 4 heteroatoms. The number of phenols is 1. The van der Waals surface area contributed by atoms with Crippen LogP contribution in [0.25, 0.3) is 0 Å². The van der Waals surface area contributed by atoms with E-state index in [2.05, 4.69) is 13.8 Å². The van der Waals surface area contributed by atoms with Crippen molar-refractivity contribution in [3.8, 4) is 11.5 Å². The summed E-state index contributed by atoms with van der Waals surface area (Å²) in [7, 11) is 1.55. The second-order valence-electron chi connectivity index (χ2n) is 5.57. The molecule has 0 bridgehead atoms. The van der Waals surface area contributed by atoms with Crippen LogP contribution in [-0.2, 0) is 0 Å². The van der Waals surface area contributed by atoms with Crippen LogP contribution in [0.5, 0.6) is 11.5 Å². The molecule has 4 nitrogen and oxygen atoms in total. The van der Waals surface area contributed by atoms with E-state index in [4.69, 9.17) is 4.74 Å². The zero-order chi connectivity index (χ0) is 14.8. The first kappa shape index (κ1) is 14.7. The summed E-state index contributed by atoms with van der Waals surface area (Å²) in [6.07, 6.45) is 3.20. The third-order valence-electron chi connectivity index (χ3n) is 4.66. The second-order valence-corrected chi connectivity index (χ2v) is 5.57. The van der Waals surface area contributed by atoms with Crippen LogP contribution >= 0.6 is 0 Å². The Morgan fingerprint density at radius 3 is 2.65 bits per heavy atom. The molecule has 0 radical (unpaired) electrons. The van der Waals surface area contributed by atoms with Gasteiger partial charge in [0.05, 0.1) is 12.7 Å². The minimum absolute atomic E-state index is 0.0151. The number of benzene rings is 1. The lowest BCUT2D eigenvalue weighted by atomic mass is 9.82. The maximum atomic E-state index is 12.6. The minimum atomic E-state index is -0.106. The van der Waals surface area contributed by atoms with E-state index in [1.807, 2.05) is 4.90 Å². The number of hydrogen-bond donors (Lipinski definition) is 1. The Morgan fingerprint density at radius 1 is 1.40 bits per heavy atom. The first-order valence-corrected chi connectivity index (χ1v) is 7.21. The number of rotatable bonds is 4. The molecule has 1 aliphatic rings. The third kappa shape index (κ3) is 2.60. The molecule has 1 amide bonds. The van der Waals surface area contributed by atoms with E-state index < -0.39 is 0 Å². The Morgan fingerprint density at radius 2 is 2.10 bits per heavy atom. The first-order chi connectivity index (χ1) is 9.55. The number of carbonyl (C=O) groups excluding carboxylic acids is 1. The van der Waals surface area contributed by atoms with E-state index in [1.165, 1.54) is 6.07 Å². The van der Waals surface area contributed by atoms with Gasteiger partial charge in [0.2, 0.25) is 0 Å². The Bertz CT molecular complexity index is 494. The summed E-state index contributed by atoms with van der Waals surface area (Å²) in [6.45, 7) is 5.90. The van der Waals surface area contributed by atoms with Crippen LogP contribution in [0.15, 0.2) is 18.2 Å². The lowest BCUT2D eigenvalue weighted by Crippen LogP contribution is -2.31. The quantitative estimate of drug-likeness (QED) is 0.920. The van der Waals surface area contributed by atoms with Gasteiger partial charge < -0.3 is 14.7 Å². The number of phenolic OH excluding ortho intramolecular Hbond substituents is 1. The van der Waals surface area contributed by atoms with Gasteiger partial charge in [-0.3, -0.25) is 4.79 Å². The van der Waals surface area contributed by atoms with Crippen LogP contribution in [0.3, 0.4) is 0 Å². The number of nitrogens with zero attached hydrogens (tertiary/aromatic N) is 1. The van der Waals surface area contributed by atoms with Crippen molar-refractivity contribution in [1.29, 1.82) is 0 Å². The molecule has 0 spiro atoms. The number of ether oxygens (including phenoxy) is 1. The highest BCUT2D eigenvalue weighted by Gasteiger charge is 2.37. The van der Waals surface area contributed by atoms with E-state index >= 15 is 0 Å². The summed E-state index contributed by atoms with van der Waals surface area (Å²) in [6, 6.07) is 4.77. The molecule has 20 heavy (non-hydrogen) atoms. The number of aromatic hydroxyl groups is 1. The summed E-state index contributed by atoms with van der Waals surface area (Å²) in [5, 5.41) is 9.90. The molecular formula is C16H23NO3. The van der Waals surface area contributed by atoms with Gasteiger partial charge in [-0.15, -0.1) is 0 Å². The van der Waals surface area contributed by atoms with Gasteiger partial charge in [-0.05, 0) is 42.9 Å². The Labute approximate surface area is 120 Å². The molecule has 2 rings (SSSR count). The zero-order valence-electron chi connectivity index (χ0n) is 12.5. The Hall–Kier alpha value is -1.71. The zero-order valence-corrected chi connectivity index (χ0v) is 12.5. The van der Waals surface area contributed by atoms with Gasteiger partial charge in [0.25, 0.3) is 5.91 Å². The van der Waals surface area contributed by atoms with Crippen LogP contribution in [0.2, 0.25) is 0 Å². The fourth-order valence-corrected chi connectivity index (χ4v) is 2.92. The van der Waals surface area contributed by atoms with Gasteiger partial charge in [0.15, 0.2) is 0 Å². The highest BCUT2D eigenvalue weighted by molar-refractivity contribution is 5.97. The van der Waals surface area contributed by atoms with Gasteiger partial charge in [-0.25, -0.2) is 0 Å². The van der Waals surface area contributed by atoms with Crippen molar-refractivity contribution in [2.24, 2.45) is 5.41 Å². The molecule has 1 aliphatic heterocycles. The van der Waals surface area contributed by atoms with Crippen LogP contribution in [0, 0.1) is 5.41 Å². The van der Waals surface area contributed by atoms with E-state index in [0.29, 0.717) is 11.3 Å². The first-order valence-electron chi connectivity index (χ1n) is 7.21. The van der Waals surface area contributed by atoms with Crippen molar-refractivity contribution in [2.75, 3.05) is 20.2 Å². The van der Waals surface area contributed by atoms with Gasteiger partial charge in [0.1, 0.15) is 11.5 Å².